The van der Waals surface area contributed by atoms with Crippen molar-refractivity contribution in [3.63, 3.8) is 0 Å². The van der Waals surface area contributed by atoms with Gasteiger partial charge in [0.2, 0.25) is 0 Å². The molecule has 2 aromatic carbocycles. The molecule has 4 heterocycles. The highest BCUT2D eigenvalue weighted by Gasteiger charge is 2.51. The van der Waals surface area contributed by atoms with E-state index in [0.717, 1.165) is 6.54 Å². The number of nitrogens with one attached hydrogen (secondary N) is 1. The number of aromatic hydroxyl groups is 2. The number of aliphatic hydroxyl groups excluding tert-OH is 1. The fraction of sp³-hybridized carbons (Fsp3) is 0.600. The summed E-state index contributed by atoms with van der Waals surface area (Å²) in [5.41, 5.74) is -0.179. The number of alkyl halides is 1. The Kier molecular flexibility index (Phi) is 16.0. The second-order valence-electron chi connectivity index (χ2n) is 19.2. The number of fused-ring (bicyclic) bond motifs is 1. The molecule has 0 aliphatic carbocycles. The number of carbonyl (C=O) groups is 4. The van der Waals surface area contributed by atoms with Crippen LogP contribution in [-0.4, -0.2) is 112 Å². The van der Waals surface area contributed by atoms with Gasteiger partial charge in [-0.05, 0) is 32.3 Å². The van der Waals surface area contributed by atoms with Gasteiger partial charge in [-0.2, -0.15) is 0 Å². The number of phenolic OH excluding ortho intramolecular Hbond substituents is 2. The van der Waals surface area contributed by atoms with Crippen molar-refractivity contribution in [3.05, 3.63) is 58.0 Å². The minimum atomic E-state index is -1.97. The standard InChI is InChI=1S/C50H67BrN4O12/c1-25(2)24-55-21-18-50(19-22-55)53-38-35-36-42(59)31(8)46-37(35)47(61)49(10,67-46)64-23-17-33(63-11)28(5)45(65-32(9)56)30(7)41(58)29(6)44(66-34(57)16-13-20-51)26(3)14-12-15-27(4)48(62)52-40(43(36)60)39(38)54-50/h12,14-15,17,23,25-26,28-30,33,41,44-45,53,58-60H,13,16,18-22,24H2,1-11H3/b14-12+,23-17+,27-15-,52-40?/t26-,28+,29-,30+,33-,41+,44-,45+,49-/m0/s1. The molecule has 6 rings (SSSR count). The second kappa shape index (κ2) is 20.8. The maximum Gasteiger partial charge on any atom is 0.312 e. The number of aliphatic hydroxyl groups is 1. The minimum absolute atomic E-state index is 0.0445. The van der Waals surface area contributed by atoms with E-state index in [1.165, 1.54) is 27.2 Å². The molecule has 1 fully saturated rings. The third-order valence-electron chi connectivity index (χ3n) is 13.7. The Morgan fingerprint density at radius 2 is 1.66 bits per heavy atom. The Balaban J connectivity index is 1.55. The summed E-state index contributed by atoms with van der Waals surface area (Å²) in [4.78, 5) is 66.7. The molecule has 4 aliphatic heterocycles. The third-order valence-corrected chi connectivity index (χ3v) is 14.2. The summed E-state index contributed by atoms with van der Waals surface area (Å²) in [6.07, 6.45) is 5.87. The van der Waals surface area contributed by atoms with Gasteiger partial charge >= 0.3 is 17.7 Å². The number of hydrogen-bond donors (Lipinski definition) is 4. The highest BCUT2D eigenvalue weighted by Crippen LogP contribution is 2.51. The van der Waals surface area contributed by atoms with Gasteiger partial charge < -0.3 is 49.2 Å². The molecule has 0 aromatic heterocycles. The average Bonchev–Trinajstić information content (AvgIpc) is 3.78. The predicted molar refractivity (Wildman–Crippen MR) is 255 cm³/mol. The number of halogens is 1. The van der Waals surface area contributed by atoms with Crippen LogP contribution in [0, 0.1) is 36.5 Å². The van der Waals surface area contributed by atoms with Crippen molar-refractivity contribution in [1.82, 2.24) is 4.90 Å². The zero-order valence-electron chi connectivity index (χ0n) is 40.5. The van der Waals surface area contributed by atoms with Crippen LogP contribution in [0.1, 0.15) is 104 Å². The van der Waals surface area contributed by atoms with Crippen molar-refractivity contribution in [3.8, 4) is 17.2 Å². The number of benzene rings is 2. The van der Waals surface area contributed by atoms with Crippen LogP contribution in [0.2, 0.25) is 0 Å². The van der Waals surface area contributed by atoms with E-state index in [1.54, 1.807) is 58.9 Å². The van der Waals surface area contributed by atoms with E-state index in [4.69, 9.17) is 28.7 Å². The van der Waals surface area contributed by atoms with Crippen LogP contribution in [0.15, 0.2) is 46.1 Å². The van der Waals surface area contributed by atoms with Gasteiger partial charge in [0, 0.05) is 105 Å². The van der Waals surface area contributed by atoms with Crippen LogP contribution >= 0.6 is 15.9 Å². The maximum atomic E-state index is 14.8. The van der Waals surface area contributed by atoms with E-state index in [9.17, 15) is 34.5 Å². The molecule has 0 radical (unpaired) electrons. The molecule has 67 heavy (non-hydrogen) atoms. The summed E-state index contributed by atoms with van der Waals surface area (Å²) in [6, 6.07) is 0. The first kappa shape index (κ1) is 51.5. The quantitative estimate of drug-likeness (QED) is 0.127. The summed E-state index contributed by atoms with van der Waals surface area (Å²) in [5.74, 6) is -7.23. The molecule has 4 aliphatic rings. The number of Topliss-reactive ketones (excluding diaryl/α,β-unsaturated/α-hetero) is 1. The van der Waals surface area contributed by atoms with Gasteiger partial charge in [0.1, 0.15) is 40.1 Å². The van der Waals surface area contributed by atoms with E-state index in [-0.39, 0.29) is 56.1 Å². The molecule has 0 unspecified atom stereocenters. The first-order chi connectivity index (χ1) is 31.6. The summed E-state index contributed by atoms with van der Waals surface area (Å²) in [6.45, 7) is 19.6. The van der Waals surface area contributed by atoms with E-state index in [0.29, 0.717) is 49.3 Å². The van der Waals surface area contributed by atoms with Crippen LogP contribution in [-0.2, 0) is 33.3 Å². The molecular formula is C50H67BrN4O12. The van der Waals surface area contributed by atoms with Gasteiger partial charge in [0.25, 0.3) is 11.7 Å². The van der Waals surface area contributed by atoms with Crippen molar-refractivity contribution in [2.75, 3.05) is 37.4 Å². The van der Waals surface area contributed by atoms with Crippen LogP contribution < -0.4 is 20.8 Å². The Hall–Kier alpha value is -4.84. The first-order valence-electron chi connectivity index (χ1n) is 23.2. The second-order valence-corrected chi connectivity index (χ2v) is 20.0. The largest absolute Gasteiger partial charge is 0.507 e. The van der Waals surface area contributed by atoms with Crippen LogP contribution in [0.5, 0.6) is 17.2 Å². The Labute approximate surface area is 400 Å². The number of amides is 1. The van der Waals surface area contributed by atoms with E-state index in [2.05, 4.69) is 45.0 Å². The number of likely N-dealkylation sites (tertiary alicyclic amines) is 1. The van der Waals surface area contributed by atoms with Gasteiger partial charge in [-0.3, -0.25) is 24.2 Å². The lowest BCUT2D eigenvalue weighted by Crippen LogP contribution is -2.47. The number of carbonyl (C=O) groups excluding carboxylic acids is 4. The number of ether oxygens (including phenoxy) is 5. The number of rotatable bonds is 8. The van der Waals surface area contributed by atoms with Gasteiger partial charge in [0.05, 0.1) is 35.1 Å². The monoisotopic (exact) mass is 994 g/mol. The van der Waals surface area contributed by atoms with Crippen LogP contribution in [0.25, 0.3) is 10.8 Å². The van der Waals surface area contributed by atoms with Crippen LogP contribution in [0.3, 0.4) is 0 Å². The number of piperidine rings is 1. The highest BCUT2D eigenvalue weighted by molar-refractivity contribution is 9.09. The van der Waals surface area contributed by atoms with Crippen LogP contribution in [0.4, 0.5) is 5.69 Å². The van der Waals surface area contributed by atoms with Crippen molar-refractivity contribution < 1.29 is 58.2 Å². The number of phenols is 2. The zero-order valence-corrected chi connectivity index (χ0v) is 42.1. The summed E-state index contributed by atoms with van der Waals surface area (Å²) < 4.78 is 30.3. The number of anilines is 1. The molecule has 4 N–H and O–H groups in total. The molecule has 17 heteroatoms. The molecule has 1 amide bonds. The fourth-order valence-corrected chi connectivity index (χ4v) is 10.1. The fourth-order valence-electron chi connectivity index (χ4n) is 9.86. The Morgan fingerprint density at radius 3 is 2.28 bits per heavy atom. The number of nitrogens with zero attached hydrogens (tertiary/aromatic N) is 3. The molecule has 1 spiro atoms. The van der Waals surface area contributed by atoms with E-state index in [1.807, 2.05) is 6.92 Å². The number of hydrogen-bond acceptors (Lipinski definition) is 15. The molecule has 16 nitrogen and oxygen atoms in total. The number of esters is 2. The molecule has 366 valence electrons. The lowest BCUT2D eigenvalue weighted by molar-refractivity contribution is -0.165. The third kappa shape index (κ3) is 10.4. The van der Waals surface area contributed by atoms with Gasteiger partial charge in [-0.15, -0.1) is 0 Å². The minimum Gasteiger partial charge on any atom is -0.507 e. The van der Waals surface area contributed by atoms with Crippen molar-refractivity contribution in [2.24, 2.45) is 39.6 Å². The smallest absolute Gasteiger partial charge is 0.312 e. The molecule has 4 bridgehead atoms. The molecular weight excluding hydrogens is 928 g/mol. The molecule has 9 atom stereocenters. The lowest BCUT2D eigenvalue weighted by Gasteiger charge is -2.39. The molecule has 2 aromatic rings. The normalized spacial score (nSPS) is 30.7. The molecule has 1 saturated heterocycles. The highest BCUT2D eigenvalue weighted by atomic mass is 79.9. The summed E-state index contributed by atoms with van der Waals surface area (Å²) >= 11 is 3.36. The Morgan fingerprint density at radius 1 is 0.985 bits per heavy atom. The Bertz CT molecular complexity index is 2480. The predicted octanol–water partition coefficient (Wildman–Crippen LogP) is 6.48. The number of ketones is 1. The number of methoxy groups -OCH3 is 1. The van der Waals surface area contributed by atoms with Crippen molar-refractivity contribution >= 4 is 56.0 Å². The average molecular weight is 996 g/mol. The topological polar surface area (TPSA) is 215 Å². The summed E-state index contributed by atoms with van der Waals surface area (Å²) in [5, 5.41) is 40.4. The lowest BCUT2D eigenvalue weighted by atomic mass is 9.78. The van der Waals surface area contributed by atoms with Gasteiger partial charge in [0.15, 0.2) is 5.75 Å². The van der Waals surface area contributed by atoms with E-state index >= 15 is 0 Å². The zero-order chi connectivity index (χ0) is 49.3. The van der Waals surface area contributed by atoms with Gasteiger partial charge in [-0.1, -0.05) is 75.7 Å². The number of allylic oxidation sites excluding steroid dienone is 2. The first-order valence-corrected chi connectivity index (χ1v) is 24.3. The summed E-state index contributed by atoms with van der Waals surface area (Å²) in [7, 11) is 1.47. The van der Waals surface area contributed by atoms with E-state index < -0.39 is 88.9 Å². The SMILES string of the molecule is CO[C@H]1/C=C/O[C@@]2(C)Oc3c(C)c(O)c4c(O)c(c5c(c4c3C2=O)NC2(CCN(CC(C)C)CC2)N=5)=NC(=O)/C(C)=C\C=C\[C@H](C)[C@H](OC(=O)CCCBr)[C@@H](C)[C@@H](O)[C@@H](C)[C@H](OC(C)=O)[C@@H]1C. The van der Waals surface area contributed by atoms with Crippen molar-refractivity contribution in [2.45, 2.75) is 131 Å². The molecule has 0 saturated carbocycles. The van der Waals surface area contributed by atoms with Crippen molar-refractivity contribution in [1.29, 1.82) is 0 Å². The maximum absolute atomic E-state index is 14.8. The van der Waals surface area contributed by atoms with Gasteiger partial charge in [-0.25, -0.2) is 4.99 Å².